The molecule has 0 radical (unpaired) electrons. The van der Waals surface area contributed by atoms with E-state index in [1.165, 1.54) is 0 Å². The molecule has 0 heterocycles. The molecule has 35 heavy (non-hydrogen) atoms. The molecule has 0 amide bonds. The van der Waals surface area contributed by atoms with Crippen molar-refractivity contribution in [2.24, 2.45) is 11.8 Å². The van der Waals surface area contributed by atoms with Gasteiger partial charge in [0, 0.05) is 11.8 Å². The Bertz CT molecular complexity index is 1070. The van der Waals surface area contributed by atoms with Crippen molar-refractivity contribution in [2.45, 2.75) is 39.2 Å². The fourth-order valence-electron chi connectivity index (χ4n) is 4.42. The van der Waals surface area contributed by atoms with E-state index in [4.69, 9.17) is 14.2 Å². The summed E-state index contributed by atoms with van der Waals surface area (Å²) in [6, 6.07) is 7.75. The first kappa shape index (κ1) is 26.6. The van der Waals surface area contributed by atoms with Gasteiger partial charge < -0.3 is 19.3 Å². The van der Waals surface area contributed by atoms with E-state index in [1.807, 2.05) is 56.3 Å². The van der Waals surface area contributed by atoms with Crippen molar-refractivity contribution in [3.8, 4) is 29.4 Å². The zero-order valence-electron chi connectivity index (χ0n) is 21.0. The molecular formula is C31H36O4. The maximum Gasteiger partial charge on any atom is 0.136 e. The van der Waals surface area contributed by atoms with Gasteiger partial charge in [-0.25, -0.2) is 0 Å². The first-order valence-corrected chi connectivity index (χ1v) is 12.3. The molecule has 4 heteroatoms. The molecule has 3 unspecified atom stereocenters. The first-order chi connectivity index (χ1) is 17.1. The molecule has 2 aliphatic rings. The minimum atomic E-state index is -1.28. The second kappa shape index (κ2) is 13.8. The van der Waals surface area contributed by atoms with E-state index in [-0.39, 0.29) is 11.8 Å². The van der Waals surface area contributed by atoms with E-state index in [2.05, 4.69) is 41.9 Å². The summed E-state index contributed by atoms with van der Waals surface area (Å²) >= 11 is 0. The highest BCUT2D eigenvalue weighted by molar-refractivity contribution is 5.51. The molecule has 1 aromatic carbocycles. The van der Waals surface area contributed by atoms with E-state index >= 15 is 0 Å². The second-order valence-electron chi connectivity index (χ2n) is 8.55. The second-order valence-corrected chi connectivity index (χ2v) is 8.55. The zero-order chi connectivity index (χ0) is 24.9. The molecule has 0 saturated carbocycles. The van der Waals surface area contributed by atoms with Crippen molar-refractivity contribution in [3.05, 3.63) is 77.4 Å². The lowest BCUT2D eigenvalue weighted by Gasteiger charge is -2.39. The Kier molecular flexibility index (Phi) is 10.5. The molecular weight excluding hydrogens is 436 g/mol. The molecule has 0 aromatic heterocycles. The van der Waals surface area contributed by atoms with Crippen LogP contribution in [0.25, 0.3) is 0 Å². The van der Waals surface area contributed by atoms with Gasteiger partial charge in [0.25, 0.3) is 0 Å². The van der Waals surface area contributed by atoms with Gasteiger partial charge in [-0.3, -0.25) is 0 Å². The van der Waals surface area contributed by atoms with Crippen molar-refractivity contribution < 1.29 is 19.3 Å². The molecule has 184 valence electrons. The summed E-state index contributed by atoms with van der Waals surface area (Å²) in [5, 5.41) is 12.5. The Morgan fingerprint density at radius 3 is 2.34 bits per heavy atom. The minimum Gasteiger partial charge on any atom is -0.494 e. The Morgan fingerprint density at radius 1 is 1.00 bits per heavy atom. The molecule has 1 aromatic rings. The molecule has 1 N–H and O–H groups in total. The van der Waals surface area contributed by atoms with Crippen LogP contribution < -0.4 is 4.74 Å². The number of hydrogen-bond donors (Lipinski definition) is 1. The highest BCUT2D eigenvalue weighted by Gasteiger charge is 2.41. The number of allylic oxidation sites excluding steroid dienone is 4. The van der Waals surface area contributed by atoms with Gasteiger partial charge in [0.15, 0.2) is 0 Å². The average molecular weight is 473 g/mol. The van der Waals surface area contributed by atoms with Crippen LogP contribution in [-0.2, 0) is 15.1 Å². The molecule has 0 bridgehead atoms. The van der Waals surface area contributed by atoms with Gasteiger partial charge in [-0.05, 0) is 62.5 Å². The van der Waals surface area contributed by atoms with Crippen LogP contribution in [0, 0.1) is 35.5 Å². The van der Waals surface area contributed by atoms with Crippen LogP contribution in [-0.4, -0.2) is 38.1 Å². The van der Waals surface area contributed by atoms with Gasteiger partial charge >= 0.3 is 0 Å². The van der Waals surface area contributed by atoms with E-state index < -0.39 is 5.60 Å². The third-order valence-corrected chi connectivity index (χ3v) is 6.23. The lowest BCUT2D eigenvalue weighted by molar-refractivity contribution is 0.0799. The number of aliphatic hydroxyl groups is 1. The maximum atomic E-state index is 12.5. The Morgan fingerprint density at radius 2 is 1.71 bits per heavy atom. The standard InChI is InChI=1S/C31H36O4/c1-4-7-21-33-23-25-13-15-27(16-14-25)31(32,28-17-19-29(20-18-28)35-6-3)30-12-10-9-11-26(30)24-34-22-8-5-2/h9-10,12-13,15-20,25-26,32H,6,11,14,21-24H2,1-3H3. The smallest absolute Gasteiger partial charge is 0.136 e. The lowest BCUT2D eigenvalue weighted by Crippen LogP contribution is -2.36. The van der Waals surface area contributed by atoms with Gasteiger partial charge in [-0.1, -0.05) is 60.4 Å². The largest absolute Gasteiger partial charge is 0.494 e. The quantitative estimate of drug-likeness (QED) is 0.348. The molecule has 3 atom stereocenters. The van der Waals surface area contributed by atoms with E-state index in [9.17, 15) is 5.11 Å². The summed E-state index contributed by atoms with van der Waals surface area (Å²) in [4.78, 5) is 0. The highest BCUT2D eigenvalue weighted by atomic mass is 16.5. The van der Waals surface area contributed by atoms with E-state index in [0.29, 0.717) is 33.0 Å². The summed E-state index contributed by atoms with van der Waals surface area (Å²) in [5.41, 5.74) is 1.32. The zero-order valence-corrected chi connectivity index (χ0v) is 21.0. The normalized spacial score (nSPS) is 20.5. The SMILES string of the molecule is CC#CCOCC1C=CC(C(O)(C2=CC=CCC2COCC#CC)c2ccc(OCC)cc2)=CC1. The highest BCUT2D eigenvalue weighted by Crippen LogP contribution is 2.45. The van der Waals surface area contributed by atoms with Crippen molar-refractivity contribution in [3.63, 3.8) is 0 Å². The maximum absolute atomic E-state index is 12.5. The predicted octanol–water partition coefficient (Wildman–Crippen LogP) is 5.36. The van der Waals surface area contributed by atoms with Gasteiger partial charge in [0.1, 0.15) is 24.6 Å². The summed E-state index contributed by atoms with van der Waals surface area (Å²) in [6.45, 7) is 8.11. The Balaban J connectivity index is 1.90. The third kappa shape index (κ3) is 7.00. The van der Waals surface area contributed by atoms with Gasteiger partial charge in [0.2, 0.25) is 0 Å². The van der Waals surface area contributed by atoms with Crippen LogP contribution in [0.1, 0.15) is 39.2 Å². The molecule has 3 rings (SSSR count). The number of hydrogen-bond acceptors (Lipinski definition) is 4. The third-order valence-electron chi connectivity index (χ3n) is 6.23. The molecule has 0 saturated heterocycles. The van der Waals surface area contributed by atoms with Crippen LogP contribution in [0.15, 0.2) is 71.9 Å². The number of ether oxygens (including phenoxy) is 3. The molecule has 2 aliphatic carbocycles. The minimum absolute atomic E-state index is 0.0400. The van der Waals surface area contributed by atoms with E-state index in [1.54, 1.807) is 6.92 Å². The van der Waals surface area contributed by atoms with Gasteiger partial charge in [-0.15, -0.1) is 11.8 Å². The monoisotopic (exact) mass is 472 g/mol. The lowest BCUT2D eigenvalue weighted by atomic mass is 9.71. The predicted molar refractivity (Wildman–Crippen MR) is 141 cm³/mol. The Labute approximate surface area is 210 Å². The number of rotatable bonds is 11. The van der Waals surface area contributed by atoms with Crippen molar-refractivity contribution >= 4 is 0 Å². The topological polar surface area (TPSA) is 47.9 Å². The Hall–Kier alpha value is -3.02. The van der Waals surface area contributed by atoms with Crippen LogP contribution in [0.3, 0.4) is 0 Å². The molecule has 0 aliphatic heterocycles. The van der Waals surface area contributed by atoms with Crippen molar-refractivity contribution in [1.29, 1.82) is 0 Å². The summed E-state index contributed by atoms with van der Waals surface area (Å²) in [5.74, 6) is 12.7. The van der Waals surface area contributed by atoms with Crippen LogP contribution in [0.5, 0.6) is 5.75 Å². The fraction of sp³-hybridized carbons (Fsp3) is 0.419. The fourth-order valence-corrected chi connectivity index (χ4v) is 4.42. The van der Waals surface area contributed by atoms with E-state index in [0.717, 1.165) is 35.3 Å². The first-order valence-electron chi connectivity index (χ1n) is 12.3. The summed E-state index contributed by atoms with van der Waals surface area (Å²) in [7, 11) is 0. The van der Waals surface area contributed by atoms with Crippen molar-refractivity contribution in [1.82, 2.24) is 0 Å². The van der Waals surface area contributed by atoms with Crippen LogP contribution in [0.2, 0.25) is 0 Å². The van der Waals surface area contributed by atoms with Gasteiger partial charge in [0.05, 0.1) is 19.8 Å². The molecule has 0 fully saturated rings. The summed E-state index contributed by atoms with van der Waals surface area (Å²) < 4.78 is 17.2. The molecule has 0 spiro atoms. The average Bonchev–Trinajstić information content (AvgIpc) is 2.90. The molecule has 4 nitrogen and oxygen atoms in total. The summed E-state index contributed by atoms with van der Waals surface area (Å²) in [6.07, 6.45) is 14.1. The van der Waals surface area contributed by atoms with Crippen LogP contribution >= 0.6 is 0 Å². The van der Waals surface area contributed by atoms with Crippen molar-refractivity contribution in [2.75, 3.05) is 33.0 Å². The van der Waals surface area contributed by atoms with Crippen LogP contribution in [0.4, 0.5) is 0 Å². The number of benzene rings is 1. The van der Waals surface area contributed by atoms with Gasteiger partial charge in [-0.2, -0.15) is 0 Å².